The predicted octanol–water partition coefficient (Wildman–Crippen LogP) is -4.95. The van der Waals surface area contributed by atoms with Gasteiger partial charge in [0.25, 0.3) is 0 Å². The Kier molecular flexibility index (Phi) is 101. The van der Waals surface area contributed by atoms with Gasteiger partial charge in [0.15, 0.2) is 0 Å². The van der Waals surface area contributed by atoms with Crippen molar-refractivity contribution in [3.8, 4) is 0 Å². The van der Waals surface area contributed by atoms with Crippen molar-refractivity contribution in [3.63, 3.8) is 0 Å². The molecule has 0 saturated carbocycles. The van der Waals surface area contributed by atoms with Crippen molar-refractivity contribution < 1.29 is 95.5 Å². The maximum absolute atomic E-state index is 8.88. The van der Waals surface area contributed by atoms with Crippen molar-refractivity contribution in [1.29, 1.82) is 0 Å². The molecule has 0 atom stereocenters. The molecule has 11 heteroatoms. The van der Waals surface area contributed by atoms with Crippen LogP contribution in [0, 0.1) is 0 Å². The normalized spacial score (nSPS) is 5.36. The van der Waals surface area contributed by atoms with Crippen LogP contribution >= 0.6 is 7.82 Å². The van der Waals surface area contributed by atoms with Gasteiger partial charge in [0.2, 0.25) is 0 Å². The van der Waals surface area contributed by atoms with Crippen molar-refractivity contribution >= 4 is 41.0 Å². The molecule has 1 radical (unpaired) electrons. The summed E-state index contributed by atoms with van der Waals surface area (Å²) in [5.74, 6) is 0. The van der Waals surface area contributed by atoms with E-state index in [0.29, 0.717) is 0 Å². The molecule has 0 spiro atoms. The Morgan fingerprint density at radius 2 is 1.18 bits per heavy atom. The molecule has 0 aliphatic heterocycles. The summed E-state index contributed by atoms with van der Waals surface area (Å²) in [4.78, 5) is 21.6. The van der Waals surface area contributed by atoms with Crippen LogP contribution in [0.3, 0.4) is 0 Å². The van der Waals surface area contributed by atoms with Gasteiger partial charge in [-0.25, -0.2) is 4.57 Å². The molecule has 0 aliphatic rings. The molecular weight excluding hydrogens is 278 g/mol. The van der Waals surface area contributed by atoms with E-state index in [1.54, 1.807) is 0 Å². The van der Waals surface area contributed by atoms with Crippen LogP contribution in [0.4, 0.5) is 0 Å². The minimum absolute atomic E-state index is 0. The predicted molar refractivity (Wildman–Crippen MR) is 34.9 cm³/mol. The van der Waals surface area contributed by atoms with Gasteiger partial charge >= 0.3 is 70.6 Å². The molecule has 0 amide bonds. The summed E-state index contributed by atoms with van der Waals surface area (Å²) in [7, 11) is -4.64. The van der Waals surface area contributed by atoms with Crippen molar-refractivity contribution in [2.24, 2.45) is 0 Å². The number of hydrogen-bond donors (Lipinski definition) is 3. The Morgan fingerprint density at radius 1 is 1.18 bits per heavy atom. The molecule has 0 aromatic carbocycles. The van der Waals surface area contributed by atoms with Gasteiger partial charge in [0.05, 0.1) is 0 Å². The van der Waals surface area contributed by atoms with Crippen LogP contribution in [-0.4, -0.2) is 53.3 Å². The van der Waals surface area contributed by atoms with Crippen LogP contribution in [0.25, 0.3) is 0 Å². The fourth-order valence-electron chi connectivity index (χ4n) is 0. The van der Waals surface area contributed by atoms with Crippen LogP contribution in [0.15, 0.2) is 0 Å². The SMILES string of the molecule is O.O=P(O)(O)O.[Be+2].[Fe].[H-].[H-].[H-].[H-].[H-].[Mg+2].[Mn].[Na+]. The molecule has 65 valence electrons. The summed E-state index contributed by atoms with van der Waals surface area (Å²) >= 11 is 0. The molecule has 5 nitrogen and oxygen atoms in total. The Balaban J connectivity index is -0.00000000145. The van der Waals surface area contributed by atoms with Crippen molar-refractivity contribution in [1.82, 2.24) is 0 Å². The van der Waals surface area contributed by atoms with E-state index in [0.717, 1.165) is 0 Å². The van der Waals surface area contributed by atoms with Crippen LogP contribution in [0.2, 0.25) is 0 Å². The third-order valence-electron chi connectivity index (χ3n) is 0. The van der Waals surface area contributed by atoms with E-state index in [-0.39, 0.29) is 109 Å². The maximum atomic E-state index is 8.88. The standard InChI is InChI=1S/Be.Fe.Mg.Mn.Na.H3O4P.H2O.5H/c;;;;;1-5(2,3)4;;;;;;/h;;;;;(H3,1,2,3,4);1H2;;;;;/q+2;;+2;;+1;;;5*-1. The first-order valence-electron chi connectivity index (χ1n) is 0.783. The summed E-state index contributed by atoms with van der Waals surface area (Å²) in [5.41, 5.74) is 0. The van der Waals surface area contributed by atoms with Gasteiger partial charge in [0, 0.05) is 34.1 Å². The topological polar surface area (TPSA) is 109 Å². The largest absolute Gasteiger partial charge is 2.00 e. The molecule has 0 saturated heterocycles. The average molecular weight is 288 g/mol. The van der Waals surface area contributed by atoms with Crippen molar-refractivity contribution in [2.45, 2.75) is 0 Å². The van der Waals surface area contributed by atoms with Gasteiger partial charge < -0.3 is 27.3 Å². The van der Waals surface area contributed by atoms with E-state index in [2.05, 4.69) is 0 Å². The minimum Gasteiger partial charge on any atom is -1.00 e. The molecule has 0 heterocycles. The van der Waals surface area contributed by atoms with E-state index < -0.39 is 7.82 Å². The Bertz CT molecular complexity index is 87.0. The molecule has 0 aliphatic carbocycles. The molecule has 0 aromatic rings. The van der Waals surface area contributed by atoms with Gasteiger partial charge in [-0.15, -0.1) is 0 Å². The summed E-state index contributed by atoms with van der Waals surface area (Å²) in [5, 5.41) is 0. The van der Waals surface area contributed by atoms with Crippen LogP contribution in [-0.2, 0) is 38.7 Å². The van der Waals surface area contributed by atoms with Gasteiger partial charge in [-0.1, -0.05) is 0 Å². The quantitative estimate of drug-likeness (QED) is 0.306. The van der Waals surface area contributed by atoms with Crippen molar-refractivity contribution in [2.75, 3.05) is 0 Å². The average Bonchev–Trinajstić information content (AvgIpc) is 0.722. The molecule has 0 bridgehead atoms. The van der Waals surface area contributed by atoms with E-state index >= 15 is 0 Å². The Morgan fingerprint density at radius 3 is 1.18 bits per heavy atom. The second-order valence-corrected chi connectivity index (χ2v) is 1.54. The van der Waals surface area contributed by atoms with Gasteiger partial charge in [-0.2, -0.15) is 0 Å². The first-order chi connectivity index (χ1) is 2.00. The smallest absolute Gasteiger partial charge is 1.00 e. The first-order valence-corrected chi connectivity index (χ1v) is 2.35. The molecule has 11 heavy (non-hydrogen) atoms. The van der Waals surface area contributed by atoms with Gasteiger partial charge in [-0.3, -0.25) is 0 Å². The first kappa shape index (κ1) is 48.2. The molecule has 0 rings (SSSR count). The molecule has 0 aromatic heterocycles. The van der Waals surface area contributed by atoms with E-state index in [4.69, 9.17) is 19.2 Å². The molecule has 0 fully saturated rings. The summed E-state index contributed by atoms with van der Waals surface area (Å²) in [6.07, 6.45) is 0. The zero-order valence-corrected chi connectivity index (χ0v) is 12.4. The molecule has 5 N–H and O–H groups in total. The van der Waals surface area contributed by atoms with E-state index in [1.807, 2.05) is 0 Å². The zero-order chi connectivity index (χ0) is 4.50. The molecule has 0 unspecified atom stereocenters. The third-order valence-corrected chi connectivity index (χ3v) is 0. The maximum Gasteiger partial charge on any atom is 2.00 e. The third kappa shape index (κ3) is 172. The fraction of sp³-hybridized carbons (Fsp3) is 0. The second kappa shape index (κ2) is 23.1. The van der Waals surface area contributed by atoms with Gasteiger partial charge in [0.1, 0.15) is 0 Å². The van der Waals surface area contributed by atoms with E-state index in [1.165, 1.54) is 0 Å². The number of hydrogen-bond acceptors (Lipinski definition) is 1. The minimum atomic E-state index is -4.64. The van der Waals surface area contributed by atoms with Crippen LogP contribution < -0.4 is 29.6 Å². The van der Waals surface area contributed by atoms with Gasteiger partial charge in [-0.05, 0) is 0 Å². The monoisotopic (exact) mass is 288 g/mol. The summed E-state index contributed by atoms with van der Waals surface area (Å²) in [6, 6.07) is 0. The van der Waals surface area contributed by atoms with Crippen LogP contribution in [0.1, 0.15) is 7.13 Å². The van der Waals surface area contributed by atoms with E-state index in [9.17, 15) is 0 Å². The molecular formula is H10BeFeMgMnNaO5P. The van der Waals surface area contributed by atoms with Crippen LogP contribution in [0.5, 0.6) is 0 Å². The number of rotatable bonds is 0. The number of phosphoric acid groups is 1. The Hall–Kier alpha value is 3.04. The Labute approximate surface area is 135 Å². The summed E-state index contributed by atoms with van der Waals surface area (Å²) < 4.78 is 8.88. The fourth-order valence-corrected chi connectivity index (χ4v) is 0. The summed E-state index contributed by atoms with van der Waals surface area (Å²) in [6.45, 7) is 0. The van der Waals surface area contributed by atoms with Crippen molar-refractivity contribution in [3.05, 3.63) is 0 Å². The zero-order valence-electron chi connectivity index (χ0n) is 10.8. The second-order valence-electron chi connectivity index (χ2n) is 0.513.